The number of hydrogen-bond donors (Lipinski definition) is 3. The second-order valence-electron chi connectivity index (χ2n) is 3.05. The second-order valence-corrected chi connectivity index (χ2v) is 6.76. The highest BCUT2D eigenvalue weighted by molar-refractivity contribution is 7.91. The first-order valence-electron chi connectivity index (χ1n) is 4.55. The van der Waals surface area contributed by atoms with Crippen LogP contribution in [-0.2, 0) is 19.6 Å². The second kappa shape index (κ2) is 6.14. The van der Waals surface area contributed by atoms with E-state index in [0.717, 1.165) is 11.3 Å². The van der Waals surface area contributed by atoms with Gasteiger partial charge in [-0.1, -0.05) is 11.6 Å². The molecule has 1 rings (SSSR count). The summed E-state index contributed by atoms with van der Waals surface area (Å²) in [6.07, 6.45) is 0. The molecule has 0 fully saturated rings. The highest BCUT2D eigenvalue weighted by Crippen LogP contribution is 2.24. The third-order valence-electron chi connectivity index (χ3n) is 1.67. The number of rotatable bonds is 6. The molecule has 0 spiro atoms. The maximum Gasteiger partial charge on any atom is 0.322 e. The van der Waals surface area contributed by atoms with Gasteiger partial charge in [0, 0.05) is 0 Å². The number of carbonyl (C=O) groups is 2. The van der Waals surface area contributed by atoms with Gasteiger partial charge in [0.25, 0.3) is 10.0 Å². The van der Waals surface area contributed by atoms with Gasteiger partial charge in [-0.15, -0.1) is 11.3 Å². The van der Waals surface area contributed by atoms with E-state index in [1.807, 2.05) is 10.0 Å². The van der Waals surface area contributed by atoms with E-state index >= 15 is 0 Å². The zero-order valence-corrected chi connectivity index (χ0v) is 11.2. The Bertz CT molecular complexity index is 554. The molecule has 0 aromatic carbocycles. The van der Waals surface area contributed by atoms with Crippen LogP contribution in [-0.4, -0.2) is 38.5 Å². The summed E-state index contributed by atoms with van der Waals surface area (Å²) in [5, 5.41) is 10.3. The van der Waals surface area contributed by atoms with Crippen LogP contribution in [0.3, 0.4) is 0 Å². The van der Waals surface area contributed by atoms with Crippen molar-refractivity contribution in [2.45, 2.75) is 4.21 Å². The molecule has 1 aromatic rings. The number of carboxylic acids is 1. The first kappa shape index (κ1) is 14.9. The zero-order valence-electron chi connectivity index (χ0n) is 8.84. The molecule has 10 heteroatoms. The van der Waals surface area contributed by atoms with Crippen molar-refractivity contribution in [2.75, 3.05) is 13.1 Å². The van der Waals surface area contributed by atoms with E-state index in [-0.39, 0.29) is 4.21 Å². The van der Waals surface area contributed by atoms with Gasteiger partial charge < -0.3 is 10.4 Å². The Hall–Kier alpha value is -1.16. The van der Waals surface area contributed by atoms with Crippen LogP contribution in [0.5, 0.6) is 0 Å². The van der Waals surface area contributed by atoms with Crippen molar-refractivity contribution in [2.24, 2.45) is 0 Å². The largest absolute Gasteiger partial charge is 0.480 e. The van der Waals surface area contributed by atoms with E-state index in [1.165, 1.54) is 12.1 Å². The van der Waals surface area contributed by atoms with Crippen molar-refractivity contribution in [1.82, 2.24) is 10.0 Å². The Balaban J connectivity index is 2.52. The number of halogens is 1. The molecule has 18 heavy (non-hydrogen) atoms. The first-order chi connectivity index (χ1) is 8.31. The average Bonchev–Trinajstić information content (AvgIpc) is 2.71. The summed E-state index contributed by atoms with van der Waals surface area (Å²) in [5.41, 5.74) is 0. The molecule has 0 unspecified atom stereocenters. The van der Waals surface area contributed by atoms with E-state index < -0.39 is 35.0 Å². The van der Waals surface area contributed by atoms with Crippen molar-refractivity contribution in [3.05, 3.63) is 16.5 Å². The Morgan fingerprint density at radius 3 is 2.50 bits per heavy atom. The minimum absolute atomic E-state index is 0.0152. The van der Waals surface area contributed by atoms with Crippen LogP contribution in [0.4, 0.5) is 0 Å². The zero-order chi connectivity index (χ0) is 13.8. The van der Waals surface area contributed by atoms with Gasteiger partial charge >= 0.3 is 5.97 Å². The molecule has 100 valence electrons. The number of hydrogen-bond acceptors (Lipinski definition) is 5. The van der Waals surface area contributed by atoms with E-state index in [2.05, 4.69) is 0 Å². The summed E-state index contributed by atoms with van der Waals surface area (Å²) in [6.45, 7) is -1.10. The van der Waals surface area contributed by atoms with Gasteiger partial charge in [-0.05, 0) is 12.1 Å². The van der Waals surface area contributed by atoms with Gasteiger partial charge in [0.15, 0.2) is 0 Å². The molecule has 0 saturated heterocycles. The van der Waals surface area contributed by atoms with Crippen molar-refractivity contribution in [1.29, 1.82) is 0 Å². The summed E-state index contributed by atoms with van der Waals surface area (Å²) in [6, 6.07) is 2.73. The molecule has 0 aliphatic rings. The number of nitrogens with one attached hydrogen (secondary N) is 2. The molecule has 7 nitrogen and oxygen atoms in total. The van der Waals surface area contributed by atoms with Crippen LogP contribution >= 0.6 is 22.9 Å². The molecule has 0 bridgehead atoms. The van der Waals surface area contributed by atoms with E-state index in [9.17, 15) is 18.0 Å². The van der Waals surface area contributed by atoms with Crippen LogP contribution < -0.4 is 10.0 Å². The summed E-state index contributed by atoms with van der Waals surface area (Å²) >= 11 is 6.45. The molecule has 0 aliphatic carbocycles. The SMILES string of the molecule is O=C(O)CNC(=O)CNS(=O)(=O)c1ccc(Cl)s1. The molecule has 1 amide bonds. The summed E-state index contributed by atoms with van der Waals surface area (Å²) in [4.78, 5) is 21.3. The fourth-order valence-electron chi connectivity index (χ4n) is 0.911. The van der Waals surface area contributed by atoms with Gasteiger partial charge in [0.1, 0.15) is 10.8 Å². The first-order valence-corrected chi connectivity index (χ1v) is 7.22. The van der Waals surface area contributed by atoms with E-state index in [4.69, 9.17) is 16.7 Å². The van der Waals surface area contributed by atoms with Crippen LogP contribution in [0.15, 0.2) is 16.3 Å². The van der Waals surface area contributed by atoms with Crippen LogP contribution in [0.25, 0.3) is 0 Å². The van der Waals surface area contributed by atoms with Crippen molar-refractivity contribution in [3.8, 4) is 0 Å². The third kappa shape index (κ3) is 4.61. The Morgan fingerprint density at radius 1 is 1.33 bits per heavy atom. The normalized spacial score (nSPS) is 11.2. The van der Waals surface area contributed by atoms with Gasteiger partial charge in [0.2, 0.25) is 5.91 Å². The number of carbonyl (C=O) groups excluding carboxylic acids is 1. The Morgan fingerprint density at radius 2 is 2.00 bits per heavy atom. The lowest BCUT2D eigenvalue weighted by Gasteiger charge is -2.04. The molecule has 3 N–H and O–H groups in total. The average molecular weight is 313 g/mol. The molecule has 0 radical (unpaired) electrons. The molecular formula is C8H9ClN2O5S2. The number of amides is 1. The van der Waals surface area contributed by atoms with Crippen molar-refractivity contribution in [3.63, 3.8) is 0 Å². The highest BCUT2D eigenvalue weighted by atomic mass is 35.5. The molecule has 0 aliphatic heterocycles. The Kier molecular flexibility index (Phi) is 5.08. The minimum Gasteiger partial charge on any atom is -0.480 e. The fourth-order valence-corrected chi connectivity index (χ4v) is 3.42. The minimum atomic E-state index is -3.80. The van der Waals surface area contributed by atoms with Gasteiger partial charge in [-0.2, -0.15) is 0 Å². The predicted molar refractivity (Wildman–Crippen MR) is 65.2 cm³/mol. The van der Waals surface area contributed by atoms with E-state index in [1.54, 1.807) is 0 Å². The summed E-state index contributed by atoms with van der Waals surface area (Å²) < 4.78 is 25.6. The number of carboxylic acid groups (broad SMARTS) is 1. The number of sulfonamides is 1. The smallest absolute Gasteiger partial charge is 0.322 e. The third-order valence-corrected chi connectivity index (χ3v) is 4.80. The number of thiophene rings is 1. The van der Waals surface area contributed by atoms with Gasteiger partial charge in [-0.25, -0.2) is 13.1 Å². The number of aliphatic carboxylic acids is 1. The van der Waals surface area contributed by atoms with Crippen molar-refractivity contribution < 1.29 is 23.1 Å². The lowest BCUT2D eigenvalue weighted by atomic mass is 10.5. The molecule has 0 saturated carbocycles. The summed E-state index contributed by atoms with van der Waals surface area (Å²) in [7, 11) is -3.80. The van der Waals surface area contributed by atoms with Gasteiger partial charge in [-0.3, -0.25) is 9.59 Å². The monoisotopic (exact) mass is 312 g/mol. The van der Waals surface area contributed by atoms with Crippen LogP contribution in [0, 0.1) is 0 Å². The molecule has 0 atom stereocenters. The molecule has 1 heterocycles. The lowest BCUT2D eigenvalue weighted by molar-refractivity contribution is -0.137. The Labute approximate surface area is 112 Å². The fraction of sp³-hybridized carbons (Fsp3) is 0.250. The standard InChI is InChI=1S/C8H9ClN2O5S2/c9-5-1-2-8(17-5)18(15,16)11-3-6(12)10-4-7(13)14/h1-2,11H,3-4H2,(H,10,12)(H,13,14). The molecule has 1 aromatic heterocycles. The molecular weight excluding hydrogens is 304 g/mol. The predicted octanol–water partition coefficient (Wildman–Crippen LogP) is -0.119. The van der Waals surface area contributed by atoms with E-state index in [0.29, 0.717) is 4.34 Å². The topological polar surface area (TPSA) is 113 Å². The maximum atomic E-state index is 11.6. The van der Waals surface area contributed by atoms with Gasteiger partial charge in [0.05, 0.1) is 10.9 Å². The lowest BCUT2D eigenvalue weighted by Crippen LogP contribution is -2.38. The van der Waals surface area contributed by atoms with Crippen LogP contribution in [0.1, 0.15) is 0 Å². The van der Waals surface area contributed by atoms with Crippen LogP contribution in [0.2, 0.25) is 4.34 Å². The quantitative estimate of drug-likeness (QED) is 0.678. The summed E-state index contributed by atoms with van der Waals surface area (Å²) in [5.74, 6) is -1.94. The van der Waals surface area contributed by atoms with Crippen molar-refractivity contribution >= 4 is 44.8 Å². The maximum absolute atomic E-state index is 11.6. The highest BCUT2D eigenvalue weighted by Gasteiger charge is 2.17.